The van der Waals surface area contributed by atoms with Crippen molar-refractivity contribution in [3.05, 3.63) is 22.2 Å². The molecule has 0 saturated carbocycles. The van der Waals surface area contributed by atoms with Gasteiger partial charge in [0.05, 0.1) is 5.69 Å². The van der Waals surface area contributed by atoms with Crippen molar-refractivity contribution < 1.29 is 4.52 Å². The molecule has 1 aromatic heterocycles. The maximum atomic E-state index is 10.5. The van der Waals surface area contributed by atoms with Crippen LogP contribution in [0.1, 0.15) is 25.0 Å². The lowest BCUT2D eigenvalue weighted by atomic mass is 10.1. The highest BCUT2D eigenvalue weighted by Gasteiger charge is 2.06. The van der Waals surface area contributed by atoms with Crippen LogP contribution in [0.2, 0.25) is 0 Å². The molecule has 0 saturated heterocycles. The van der Waals surface area contributed by atoms with E-state index in [2.05, 4.69) is 15.6 Å². The second-order valence-electron chi connectivity index (χ2n) is 2.43. The van der Waals surface area contributed by atoms with Crippen molar-refractivity contribution in [2.75, 3.05) is 0 Å². The lowest BCUT2D eigenvalue weighted by Gasteiger charge is -2.00. The fraction of sp³-hybridized carbons (Fsp3) is 0.375. The summed E-state index contributed by atoms with van der Waals surface area (Å²) in [6.45, 7) is 1.93. The first-order chi connectivity index (χ1) is 5.24. The third kappa shape index (κ3) is 1.74. The Labute approximate surface area is 64.4 Å². The smallest absolute Gasteiger partial charge is 0.339 e. The van der Waals surface area contributed by atoms with Gasteiger partial charge in [0.1, 0.15) is 0 Å². The van der Waals surface area contributed by atoms with E-state index in [0.29, 0.717) is 6.42 Å². The van der Waals surface area contributed by atoms with E-state index in [1.165, 1.54) is 6.07 Å². The zero-order valence-corrected chi connectivity index (χ0v) is 6.26. The normalized spacial score (nSPS) is 12.4. The zero-order valence-electron chi connectivity index (χ0n) is 6.26. The number of aromatic nitrogens is 1. The minimum atomic E-state index is -0.358. The van der Waals surface area contributed by atoms with Gasteiger partial charge in [-0.15, -0.1) is 12.3 Å². The summed E-state index contributed by atoms with van der Waals surface area (Å²) in [5.74, 6) is 2.67. The molecule has 0 aliphatic heterocycles. The molecule has 0 aliphatic rings. The van der Waals surface area contributed by atoms with Crippen LogP contribution in [0.25, 0.3) is 0 Å². The van der Waals surface area contributed by atoms with Crippen molar-refractivity contribution in [3.63, 3.8) is 0 Å². The number of nitrogens with one attached hydrogen (secondary N) is 1. The van der Waals surface area contributed by atoms with Crippen molar-refractivity contribution in [2.45, 2.75) is 19.3 Å². The van der Waals surface area contributed by atoms with Crippen molar-refractivity contribution in [2.24, 2.45) is 0 Å². The molecule has 1 atom stereocenters. The van der Waals surface area contributed by atoms with Crippen molar-refractivity contribution in [3.8, 4) is 12.3 Å². The minimum absolute atomic E-state index is 0.159. The van der Waals surface area contributed by atoms with Gasteiger partial charge in [0.15, 0.2) is 0 Å². The maximum absolute atomic E-state index is 10.5. The lowest BCUT2D eigenvalue weighted by Crippen LogP contribution is -1.92. The first-order valence-corrected chi connectivity index (χ1v) is 3.36. The Balaban J connectivity index is 2.78. The number of hydrogen-bond donors (Lipinski definition) is 1. The molecule has 1 rings (SSSR count). The summed E-state index contributed by atoms with van der Waals surface area (Å²) in [5.41, 5.74) is 0.400. The third-order valence-electron chi connectivity index (χ3n) is 1.50. The predicted octanol–water partition coefficient (Wildman–Crippen LogP) is 1.09. The van der Waals surface area contributed by atoms with Crippen LogP contribution in [0.15, 0.2) is 15.4 Å². The largest absolute Gasteiger partial charge is 0.357 e. The van der Waals surface area contributed by atoms with Crippen molar-refractivity contribution in [1.29, 1.82) is 0 Å². The predicted molar refractivity (Wildman–Crippen MR) is 41.2 cm³/mol. The van der Waals surface area contributed by atoms with Gasteiger partial charge in [-0.2, -0.15) is 0 Å². The summed E-state index contributed by atoms with van der Waals surface area (Å²) in [6, 6.07) is 1.42. The highest BCUT2D eigenvalue weighted by atomic mass is 16.5. The molecule has 1 heterocycles. The molecule has 0 aromatic carbocycles. The fourth-order valence-corrected chi connectivity index (χ4v) is 0.825. The quantitative estimate of drug-likeness (QED) is 0.643. The topological polar surface area (TPSA) is 46.0 Å². The summed E-state index contributed by atoms with van der Waals surface area (Å²) < 4.78 is 4.48. The van der Waals surface area contributed by atoms with Crippen LogP contribution in [0.5, 0.6) is 0 Å². The van der Waals surface area contributed by atoms with Gasteiger partial charge in [0.25, 0.3) is 0 Å². The number of hydrogen-bond acceptors (Lipinski definition) is 2. The Bertz CT molecular complexity index is 315. The molecular weight excluding hydrogens is 142 g/mol. The number of aromatic amines is 1. The molecule has 3 nitrogen and oxygen atoms in total. The third-order valence-corrected chi connectivity index (χ3v) is 1.50. The molecule has 11 heavy (non-hydrogen) atoms. The molecule has 3 heteroatoms. The monoisotopic (exact) mass is 151 g/mol. The van der Waals surface area contributed by atoms with Crippen LogP contribution >= 0.6 is 0 Å². The summed E-state index contributed by atoms with van der Waals surface area (Å²) in [7, 11) is 0. The zero-order chi connectivity index (χ0) is 8.27. The van der Waals surface area contributed by atoms with Crippen LogP contribution in [-0.4, -0.2) is 5.16 Å². The highest BCUT2D eigenvalue weighted by Crippen LogP contribution is 2.13. The molecule has 0 bridgehead atoms. The van der Waals surface area contributed by atoms with Crippen LogP contribution in [0.3, 0.4) is 0 Å². The van der Waals surface area contributed by atoms with Gasteiger partial charge in [0.2, 0.25) is 0 Å². The van der Waals surface area contributed by atoms with Crippen LogP contribution < -0.4 is 5.63 Å². The summed E-state index contributed by atoms with van der Waals surface area (Å²) in [6.07, 6.45) is 5.71. The van der Waals surface area contributed by atoms with Gasteiger partial charge < -0.3 is 4.52 Å². The Morgan fingerprint density at radius 1 is 1.91 bits per heavy atom. The summed E-state index contributed by atoms with van der Waals surface area (Å²) in [5, 5.41) is 2.51. The Hall–Kier alpha value is -1.43. The maximum Gasteiger partial charge on any atom is 0.357 e. The fourth-order valence-electron chi connectivity index (χ4n) is 0.825. The van der Waals surface area contributed by atoms with Gasteiger partial charge in [-0.1, -0.05) is 6.92 Å². The van der Waals surface area contributed by atoms with Gasteiger partial charge in [-0.25, -0.2) is 9.95 Å². The van der Waals surface area contributed by atoms with E-state index in [1.54, 1.807) is 0 Å². The molecule has 0 amide bonds. The van der Waals surface area contributed by atoms with Crippen molar-refractivity contribution >= 4 is 0 Å². The number of rotatable bonds is 2. The highest BCUT2D eigenvalue weighted by molar-refractivity contribution is 5.06. The standard InChI is InChI=1S/C8H9NO2/c1-3-4-6(2)7-5-8(10)11-9-7/h1,5-6,9H,4H2,2H3. The molecule has 1 N–H and O–H groups in total. The van der Waals surface area contributed by atoms with Gasteiger partial charge in [0, 0.05) is 18.4 Å². The lowest BCUT2D eigenvalue weighted by molar-refractivity contribution is 0.381. The minimum Gasteiger partial charge on any atom is -0.339 e. The number of terminal acetylenes is 1. The SMILES string of the molecule is C#CCC(C)c1cc(=O)o[nH]1. The number of H-pyrrole nitrogens is 1. The summed E-state index contributed by atoms with van der Waals surface area (Å²) in [4.78, 5) is 10.5. The molecule has 0 fully saturated rings. The van der Waals surface area contributed by atoms with Gasteiger partial charge in [-0.3, -0.25) is 0 Å². The summed E-state index contributed by atoms with van der Waals surface area (Å²) >= 11 is 0. The Kier molecular flexibility index (Phi) is 2.17. The molecule has 1 aromatic rings. The van der Waals surface area contributed by atoms with Gasteiger partial charge >= 0.3 is 5.63 Å². The van der Waals surface area contributed by atoms with E-state index in [0.717, 1.165) is 5.69 Å². The molecule has 1 unspecified atom stereocenters. The molecule has 58 valence electrons. The molecule has 0 spiro atoms. The average Bonchev–Trinajstić information content (AvgIpc) is 2.36. The van der Waals surface area contributed by atoms with Crippen LogP contribution in [-0.2, 0) is 0 Å². The van der Waals surface area contributed by atoms with Crippen molar-refractivity contribution in [1.82, 2.24) is 5.16 Å². The first kappa shape index (κ1) is 7.67. The van der Waals surface area contributed by atoms with Gasteiger partial charge in [-0.05, 0) is 0 Å². The molecular formula is C8H9NO2. The van der Waals surface area contributed by atoms with E-state index in [1.807, 2.05) is 6.92 Å². The van der Waals surface area contributed by atoms with E-state index >= 15 is 0 Å². The second-order valence-corrected chi connectivity index (χ2v) is 2.43. The Morgan fingerprint density at radius 3 is 3.09 bits per heavy atom. The van der Waals surface area contributed by atoms with E-state index in [4.69, 9.17) is 6.42 Å². The van der Waals surface area contributed by atoms with E-state index in [-0.39, 0.29) is 11.5 Å². The van der Waals surface area contributed by atoms with Crippen LogP contribution in [0.4, 0.5) is 0 Å². The van der Waals surface area contributed by atoms with Crippen LogP contribution in [0, 0.1) is 12.3 Å². The molecule has 0 aliphatic carbocycles. The second kappa shape index (κ2) is 3.11. The Morgan fingerprint density at radius 2 is 2.64 bits per heavy atom. The average molecular weight is 151 g/mol. The van der Waals surface area contributed by atoms with E-state index < -0.39 is 0 Å². The first-order valence-electron chi connectivity index (χ1n) is 3.36. The van der Waals surface area contributed by atoms with E-state index in [9.17, 15) is 4.79 Å². The molecule has 0 radical (unpaired) electrons.